The fourth-order valence-corrected chi connectivity index (χ4v) is 8.20. The van der Waals surface area contributed by atoms with E-state index >= 15 is 0 Å². The van der Waals surface area contributed by atoms with Crippen LogP contribution in [0.2, 0.25) is 0 Å². The Bertz CT molecular complexity index is 2870. The molecule has 0 amide bonds. The molecule has 1 aliphatic carbocycles. The number of hydrogen-bond acceptors (Lipinski definition) is 1. The molecule has 0 saturated carbocycles. The molecular formula is C50H36N2. The van der Waals surface area contributed by atoms with Crippen LogP contribution >= 0.6 is 0 Å². The van der Waals surface area contributed by atoms with Crippen LogP contribution in [0.5, 0.6) is 0 Å². The Hall–Kier alpha value is -6.64. The fraction of sp³-hybridized carbons (Fsp3) is 0.0400. The molecule has 246 valence electrons. The van der Waals surface area contributed by atoms with Gasteiger partial charge in [-0.2, -0.15) is 0 Å². The molecule has 0 radical (unpaired) electrons. The molecule has 0 N–H and O–H groups in total. The fourth-order valence-electron chi connectivity index (χ4n) is 8.20. The highest BCUT2D eigenvalue weighted by Crippen LogP contribution is 2.42. The second kappa shape index (κ2) is 12.6. The lowest BCUT2D eigenvalue weighted by Gasteiger charge is -2.33. The number of hydrogen-bond donors (Lipinski definition) is 0. The Morgan fingerprint density at radius 1 is 0.462 bits per heavy atom. The molecule has 9 aromatic rings. The number of aromatic nitrogens is 1. The van der Waals surface area contributed by atoms with Gasteiger partial charge in [0.05, 0.1) is 17.1 Å². The van der Waals surface area contributed by atoms with E-state index < -0.39 is 0 Å². The molecule has 1 aliphatic rings. The van der Waals surface area contributed by atoms with Crippen molar-refractivity contribution in [2.24, 2.45) is 0 Å². The molecule has 10 rings (SSSR count). The van der Waals surface area contributed by atoms with Gasteiger partial charge in [-0.1, -0.05) is 146 Å². The number of fused-ring (bicyclic) bond motifs is 5. The maximum absolute atomic E-state index is 2.52. The van der Waals surface area contributed by atoms with Crippen LogP contribution in [-0.2, 0) is 0 Å². The van der Waals surface area contributed by atoms with E-state index in [1.54, 1.807) is 0 Å². The summed E-state index contributed by atoms with van der Waals surface area (Å²) in [5, 5.41) is 7.62. The van der Waals surface area contributed by atoms with Gasteiger partial charge in [-0.15, -0.1) is 0 Å². The summed E-state index contributed by atoms with van der Waals surface area (Å²) in [5.74, 6) is 0. The Morgan fingerprint density at radius 2 is 1.12 bits per heavy atom. The van der Waals surface area contributed by atoms with Crippen molar-refractivity contribution in [3.8, 4) is 27.9 Å². The second-order valence-electron chi connectivity index (χ2n) is 13.7. The van der Waals surface area contributed by atoms with E-state index in [0.29, 0.717) is 0 Å². The van der Waals surface area contributed by atoms with E-state index in [1.807, 2.05) is 0 Å². The lowest BCUT2D eigenvalue weighted by atomic mass is 9.96. The minimum Gasteiger partial charge on any atom is -0.334 e. The minimum absolute atomic E-state index is 0.162. The van der Waals surface area contributed by atoms with Crippen LogP contribution in [0.3, 0.4) is 0 Å². The van der Waals surface area contributed by atoms with Gasteiger partial charge in [0.25, 0.3) is 0 Å². The first kappa shape index (κ1) is 30.2. The van der Waals surface area contributed by atoms with E-state index in [4.69, 9.17) is 0 Å². The third-order valence-corrected chi connectivity index (χ3v) is 10.6. The van der Waals surface area contributed by atoms with Crippen molar-refractivity contribution in [3.05, 3.63) is 198 Å². The van der Waals surface area contributed by atoms with Crippen LogP contribution in [-0.4, -0.2) is 10.6 Å². The Balaban J connectivity index is 1.16. The summed E-state index contributed by atoms with van der Waals surface area (Å²) in [6.45, 7) is 0. The zero-order valence-electron chi connectivity index (χ0n) is 28.7. The van der Waals surface area contributed by atoms with Crippen molar-refractivity contribution in [1.29, 1.82) is 0 Å². The predicted octanol–water partition coefficient (Wildman–Crippen LogP) is 11.4. The first-order chi connectivity index (χ1) is 25.8. The summed E-state index contributed by atoms with van der Waals surface area (Å²) in [5.41, 5.74) is 10.8. The average molecular weight is 665 g/mol. The Morgan fingerprint density at radius 3 is 1.92 bits per heavy atom. The number of rotatable bonds is 6. The third-order valence-electron chi connectivity index (χ3n) is 10.6. The van der Waals surface area contributed by atoms with Gasteiger partial charge in [-0.25, -0.2) is 0 Å². The average Bonchev–Trinajstić information content (AvgIpc) is 3.54. The number of para-hydroxylation sites is 1. The summed E-state index contributed by atoms with van der Waals surface area (Å²) in [4.78, 5) is 2.52. The van der Waals surface area contributed by atoms with Crippen molar-refractivity contribution < 1.29 is 0 Å². The minimum atomic E-state index is 0.162. The molecule has 2 heteroatoms. The highest BCUT2D eigenvalue weighted by molar-refractivity contribution is 6.18. The van der Waals surface area contributed by atoms with Crippen molar-refractivity contribution in [3.63, 3.8) is 0 Å². The van der Waals surface area contributed by atoms with E-state index in [0.717, 1.165) is 12.1 Å². The summed E-state index contributed by atoms with van der Waals surface area (Å²) in [7, 11) is 0. The topological polar surface area (TPSA) is 8.17 Å². The number of nitrogens with zero attached hydrogens (tertiary/aromatic N) is 2. The SMILES string of the molecule is C1=c2ccccc2=CC(N(c2ccc(-c3ccccc3)cc2)c2cccc(-c3cccc4c3c3cc5ccccc5cc3n4-c3ccccc3)c2)C1. The molecular weight excluding hydrogens is 629 g/mol. The van der Waals surface area contributed by atoms with Crippen LogP contribution in [0.15, 0.2) is 188 Å². The highest BCUT2D eigenvalue weighted by Gasteiger charge is 2.22. The van der Waals surface area contributed by atoms with E-state index in [2.05, 4.69) is 210 Å². The molecule has 0 bridgehead atoms. The maximum Gasteiger partial charge on any atom is 0.0566 e. The first-order valence-corrected chi connectivity index (χ1v) is 18.1. The zero-order valence-corrected chi connectivity index (χ0v) is 28.7. The largest absolute Gasteiger partial charge is 0.334 e. The zero-order chi connectivity index (χ0) is 34.4. The first-order valence-electron chi connectivity index (χ1n) is 18.1. The number of anilines is 2. The van der Waals surface area contributed by atoms with Gasteiger partial charge in [0.1, 0.15) is 0 Å². The van der Waals surface area contributed by atoms with Crippen molar-refractivity contribution >= 4 is 56.1 Å². The lowest BCUT2D eigenvalue weighted by Crippen LogP contribution is -2.37. The summed E-state index contributed by atoms with van der Waals surface area (Å²) < 4.78 is 2.43. The highest BCUT2D eigenvalue weighted by atomic mass is 15.2. The van der Waals surface area contributed by atoms with E-state index in [9.17, 15) is 0 Å². The molecule has 2 nitrogen and oxygen atoms in total. The van der Waals surface area contributed by atoms with Gasteiger partial charge >= 0.3 is 0 Å². The van der Waals surface area contributed by atoms with Crippen molar-refractivity contribution in [1.82, 2.24) is 4.57 Å². The summed E-state index contributed by atoms with van der Waals surface area (Å²) >= 11 is 0. The Labute approximate surface area is 303 Å². The molecule has 0 spiro atoms. The van der Waals surface area contributed by atoms with Crippen LogP contribution in [0.4, 0.5) is 11.4 Å². The number of benzene rings is 8. The van der Waals surface area contributed by atoms with E-state index in [1.165, 1.54) is 76.6 Å². The molecule has 1 atom stereocenters. The van der Waals surface area contributed by atoms with Gasteiger partial charge in [0, 0.05) is 27.8 Å². The summed E-state index contributed by atoms with van der Waals surface area (Å²) in [6, 6.07) is 68.7. The van der Waals surface area contributed by atoms with Gasteiger partial charge in [-0.3, -0.25) is 0 Å². The van der Waals surface area contributed by atoms with Crippen LogP contribution < -0.4 is 15.3 Å². The van der Waals surface area contributed by atoms with Crippen LogP contribution in [0.1, 0.15) is 6.42 Å². The molecule has 0 aliphatic heterocycles. The molecule has 8 aromatic carbocycles. The molecule has 1 aromatic heterocycles. The van der Waals surface area contributed by atoms with Crippen LogP contribution in [0.25, 0.3) is 72.7 Å². The van der Waals surface area contributed by atoms with Gasteiger partial charge in [0.15, 0.2) is 0 Å². The maximum atomic E-state index is 2.52. The molecule has 1 heterocycles. The standard InChI is InChI=1S/C50H36N2/c1-3-13-35(14-4-1)37-25-28-43(29-26-37)51(45-30-27-36-15-7-8-16-38(36)31-45)44-22-11-19-41(32-44)46-23-12-24-48-50(46)47-33-39-17-9-10-18-40(39)34-49(47)52(48)42-20-5-2-6-21-42/h1-29,31-34,45H,30H2. The lowest BCUT2D eigenvalue weighted by molar-refractivity contribution is 0.837. The molecule has 0 fully saturated rings. The second-order valence-corrected chi connectivity index (χ2v) is 13.7. The third kappa shape index (κ3) is 5.20. The Kier molecular flexibility index (Phi) is 7.32. The molecule has 52 heavy (non-hydrogen) atoms. The van der Waals surface area contributed by atoms with Crippen molar-refractivity contribution in [2.45, 2.75) is 12.5 Å². The monoisotopic (exact) mass is 664 g/mol. The normalized spacial score (nSPS) is 13.8. The van der Waals surface area contributed by atoms with Crippen LogP contribution in [0, 0.1) is 0 Å². The quantitative estimate of drug-likeness (QED) is 0.172. The smallest absolute Gasteiger partial charge is 0.0566 e. The van der Waals surface area contributed by atoms with Gasteiger partial charge in [-0.05, 0) is 104 Å². The molecule has 1 unspecified atom stereocenters. The van der Waals surface area contributed by atoms with Crippen molar-refractivity contribution in [2.75, 3.05) is 4.90 Å². The molecule has 0 saturated heterocycles. The van der Waals surface area contributed by atoms with Gasteiger partial charge in [0.2, 0.25) is 0 Å². The predicted molar refractivity (Wildman–Crippen MR) is 221 cm³/mol. The van der Waals surface area contributed by atoms with E-state index in [-0.39, 0.29) is 6.04 Å². The van der Waals surface area contributed by atoms with Gasteiger partial charge < -0.3 is 9.47 Å². The summed E-state index contributed by atoms with van der Waals surface area (Å²) in [6.07, 6.45) is 5.75.